The highest BCUT2D eigenvalue weighted by Gasteiger charge is 2.23. The van der Waals surface area contributed by atoms with Gasteiger partial charge in [0.25, 0.3) is 11.8 Å². The number of benzene rings is 1. The number of rotatable bonds is 6. The van der Waals surface area contributed by atoms with Crippen molar-refractivity contribution in [3.63, 3.8) is 0 Å². The lowest BCUT2D eigenvalue weighted by atomic mass is 10.2. The van der Waals surface area contributed by atoms with Crippen LogP contribution in [0.15, 0.2) is 59.2 Å². The minimum Gasteiger partial charge on any atom is -0.467 e. The van der Waals surface area contributed by atoms with Gasteiger partial charge in [-0.2, -0.15) is 5.10 Å². The average Bonchev–Trinajstić information content (AvgIpc) is 3.31. The number of furan rings is 1. The Kier molecular flexibility index (Phi) is 4.85. The van der Waals surface area contributed by atoms with Crippen molar-refractivity contribution in [1.29, 1.82) is 0 Å². The van der Waals surface area contributed by atoms with Gasteiger partial charge in [-0.25, -0.2) is 4.68 Å². The van der Waals surface area contributed by atoms with Crippen molar-refractivity contribution in [3.05, 3.63) is 71.9 Å². The van der Waals surface area contributed by atoms with Crippen molar-refractivity contribution < 1.29 is 14.0 Å². The second kappa shape index (κ2) is 7.40. The van der Waals surface area contributed by atoms with Gasteiger partial charge in [0.1, 0.15) is 11.5 Å². The first kappa shape index (κ1) is 17.0. The Morgan fingerprint density at radius 2 is 2.00 bits per heavy atom. The molecule has 0 aliphatic carbocycles. The molecule has 2 aromatic heterocycles. The molecule has 3 rings (SSSR count). The van der Waals surface area contributed by atoms with Gasteiger partial charge in [0.05, 0.1) is 25.0 Å². The predicted molar refractivity (Wildman–Crippen MR) is 94.4 cm³/mol. The molecule has 0 saturated carbocycles. The Balaban J connectivity index is 1.95. The minimum atomic E-state index is -0.685. The number of para-hydroxylation sites is 1. The molecular formula is C19H16N4O3. The molecule has 130 valence electrons. The molecule has 0 spiro atoms. The van der Waals surface area contributed by atoms with E-state index in [0.717, 1.165) is 0 Å². The van der Waals surface area contributed by atoms with E-state index < -0.39 is 11.8 Å². The van der Waals surface area contributed by atoms with E-state index in [1.165, 1.54) is 21.9 Å². The number of hydrogen-bond donors (Lipinski definition) is 1. The van der Waals surface area contributed by atoms with Crippen molar-refractivity contribution in [1.82, 2.24) is 14.7 Å². The maximum absolute atomic E-state index is 12.8. The lowest BCUT2D eigenvalue weighted by Gasteiger charge is -2.17. The van der Waals surface area contributed by atoms with E-state index in [2.05, 4.69) is 11.0 Å². The molecule has 3 aromatic rings. The summed E-state index contributed by atoms with van der Waals surface area (Å²) in [6, 6.07) is 13.8. The molecule has 0 aliphatic heterocycles. The van der Waals surface area contributed by atoms with E-state index in [1.54, 1.807) is 36.4 Å². The molecule has 1 aromatic carbocycles. The van der Waals surface area contributed by atoms with Crippen molar-refractivity contribution in [2.24, 2.45) is 5.73 Å². The van der Waals surface area contributed by atoms with Crippen LogP contribution < -0.4 is 5.73 Å². The van der Waals surface area contributed by atoms with Gasteiger partial charge in [0, 0.05) is 6.07 Å². The fourth-order valence-corrected chi connectivity index (χ4v) is 2.49. The second-order valence-corrected chi connectivity index (χ2v) is 5.47. The highest BCUT2D eigenvalue weighted by Crippen LogP contribution is 2.15. The second-order valence-electron chi connectivity index (χ2n) is 5.47. The number of amides is 2. The predicted octanol–water partition coefficient (Wildman–Crippen LogP) is 1.84. The van der Waals surface area contributed by atoms with Crippen molar-refractivity contribution in [3.8, 4) is 18.0 Å². The lowest BCUT2D eigenvalue weighted by molar-refractivity contribution is 0.0748. The van der Waals surface area contributed by atoms with E-state index in [1.807, 2.05) is 6.07 Å². The molecule has 2 heterocycles. The third-order valence-electron chi connectivity index (χ3n) is 3.68. The summed E-state index contributed by atoms with van der Waals surface area (Å²) in [4.78, 5) is 26.0. The van der Waals surface area contributed by atoms with Gasteiger partial charge in [-0.1, -0.05) is 24.1 Å². The molecule has 0 bridgehead atoms. The van der Waals surface area contributed by atoms with Gasteiger partial charge in [0.2, 0.25) is 0 Å². The van der Waals surface area contributed by atoms with Gasteiger partial charge >= 0.3 is 0 Å². The molecule has 0 atom stereocenters. The van der Waals surface area contributed by atoms with Crippen molar-refractivity contribution in [2.45, 2.75) is 6.54 Å². The number of hydrogen-bond acceptors (Lipinski definition) is 4. The van der Waals surface area contributed by atoms with Gasteiger partial charge in [0.15, 0.2) is 5.69 Å². The normalized spacial score (nSPS) is 10.3. The van der Waals surface area contributed by atoms with Crippen molar-refractivity contribution in [2.75, 3.05) is 6.54 Å². The topological polar surface area (TPSA) is 94.4 Å². The Bertz CT molecular complexity index is 953. The first-order valence-electron chi connectivity index (χ1n) is 7.80. The standard InChI is InChI=1S/C19H16N4O3/c1-2-10-22(13-15-9-6-11-26-15)19(25)16-12-17(18(20)24)23(21-16)14-7-4-3-5-8-14/h1,3-9,11-12H,10,13H2,(H2,20,24). The minimum absolute atomic E-state index is 0.0731. The van der Waals surface area contributed by atoms with Crippen LogP contribution in [0.25, 0.3) is 5.69 Å². The molecule has 0 unspecified atom stereocenters. The molecule has 0 fully saturated rings. The molecular weight excluding hydrogens is 332 g/mol. The Labute approximate surface area is 150 Å². The zero-order valence-electron chi connectivity index (χ0n) is 13.8. The highest BCUT2D eigenvalue weighted by molar-refractivity contribution is 5.97. The monoisotopic (exact) mass is 348 g/mol. The summed E-state index contributed by atoms with van der Waals surface area (Å²) >= 11 is 0. The largest absolute Gasteiger partial charge is 0.467 e. The Morgan fingerprint density at radius 3 is 2.62 bits per heavy atom. The van der Waals surface area contributed by atoms with Gasteiger partial charge in [-0.05, 0) is 24.3 Å². The number of aromatic nitrogens is 2. The Hall–Kier alpha value is -3.79. The van der Waals surface area contributed by atoms with E-state index in [-0.39, 0.29) is 24.5 Å². The number of carbonyl (C=O) groups is 2. The number of carbonyl (C=O) groups excluding carboxylic acids is 2. The molecule has 2 N–H and O–H groups in total. The number of primary amides is 1. The summed E-state index contributed by atoms with van der Waals surface area (Å²) in [7, 11) is 0. The summed E-state index contributed by atoms with van der Waals surface area (Å²) in [6.45, 7) is 0.268. The van der Waals surface area contributed by atoms with E-state index in [4.69, 9.17) is 16.6 Å². The SMILES string of the molecule is C#CCN(Cc1ccco1)C(=O)c1cc(C(N)=O)n(-c2ccccc2)n1. The van der Waals surface area contributed by atoms with Crippen LogP contribution in [0.3, 0.4) is 0 Å². The smallest absolute Gasteiger partial charge is 0.275 e. The molecule has 0 radical (unpaired) electrons. The van der Waals surface area contributed by atoms with E-state index >= 15 is 0 Å². The highest BCUT2D eigenvalue weighted by atomic mass is 16.3. The molecule has 0 aliphatic rings. The summed E-state index contributed by atoms with van der Waals surface area (Å²) in [5.41, 5.74) is 6.24. The van der Waals surface area contributed by atoms with Gasteiger partial charge < -0.3 is 15.1 Å². The van der Waals surface area contributed by atoms with Crippen LogP contribution in [0, 0.1) is 12.3 Å². The number of nitrogens with two attached hydrogens (primary N) is 1. The maximum atomic E-state index is 12.8. The third-order valence-corrected chi connectivity index (χ3v) is 3.68. The quantitative estimate of drug-likeness (QED) is 0.688. The van der Waals surface area contributed by atoms with Gasteiger partial charge in [-0.15, -0.1) is 6.42 Å². The average molecular weight is 348 g/mol. The van der Waals surface area contributed by atoms with Crippen LogP contribution in [0.4, 0.5) is 0 Å². The summed E-state index contributed by atoms with van der Waals surface area (Å²) in [6.07, 6.45) is 6.89. The number of nitrogens with zero attached hydrogens (tertiary/aromatic N) is 3. The molecule has 26 heavy (non-hydrogen) atoms. The Morgan fingerprint density at radius 1 is 1.23 bits per heavy atom. The summed E-state index contributed by atoms with van der Waals surface area (Å²) in [5.74, 6) is 1.93. The fraction of sp³-hybridized carbons (Fsp3) is 0.105. The molecule has 2 amide bonds. The third kappa shape index (κ3) is 3.49. The van der Waals surface area contributed by atoms with Gasteiger partial charge in [-0.3, -0.25) is 9.59 Å². The zero-order valence-corrected chi connectivity index (χ0v) is 13.8. The van der Waals surface area contributed by atoms with Crippen LogP contribution >= 0.6 is 0 Å². The van der Waals surface area contributed by atoms with E-state index in [0.29, 0.717) is 11.4 Å². The summed E-state index contributed by atoms with van der Waals surface area (Å²) < 4.78 is 6.61. The summed E-state index contributed by atoms with van der Waals surface area (Å²) in [5, 5.41) is 4.26. The van der Waals surface area contributed by atoms with Crippen LogP contribution in [0.2, 0.25) is 0 Å². The zero-order chi connectivity index (χ0) is 18.5. The van der Waals surface area contributed by atoms with Crippen LogP contribution in [0.5, 0.6) is 0 Å². The first-order valence-corrected chi connectivity index (χ1v) is 7.80. The molecule has 7 heteroatoms. The fourth-order valence-electron chi connectivity index (χ4n) is 2.49. The van der Waals surface area contributed by atoms with Crippen molar-refractivity contribution >= 4 is 11.8 Å². The van der Waals surface area contributed by atoms with E-state index in [9.17, 15) is 9.59 Å². The van der Waals surface area contributed by atoms with Crippen LogP contribution in [-0.2, 0) is 6.54 Å². The lowest BCUT2D eigenvalue weighted by Crippen LogP contribution is -2.31. The number of terminal acetylenes is 1. The maximum Gasteiger partial charge on any atom is 0.275 e. The molecule has 7 nitrogen and oxygen atoms in total. The molecule has 0 saturated heterocycles. The van der Waals surface area contributed by atoms with Crippen LogP contribution in [-0.4, -0.2) is 33.0 Å². The first-order chi connectivity index (χ1) is 12.6. The van der Waals surface area contributed by atoms with Crippen LogP contribution in [0.1, 0.15) is 26.7 Å².